The maximum atomic E-state index is 12.8. The van der Waals surface area contributed by atoms with Gasteiger partial charge in [-0.3, -0.25) is 4.68 Å². The molecule has 0 radical (unpaired) electrons. The Morgan fingerprint density at radius 1 is 0.962 bits per heavy atom. The fraction of sp³-hybridized carbons (Fsp3) is 0.447. The molecule has 0 bridgehead atoms. The molecule has 2 aromatic carbocycles. The fourth-order valence-electron chi connectivity index (χ4n) is 7.93. The lowest BCUT2D eigenvalue weighted by Crippen LogP contribution is -2.47. The standard InChI is InChI=1S/C38H47N11O3/c1-2-24-18-42-49(21-24)31-17-30(33(50)34(31)51)48-23-41-32-35(40-20-29(25-9-5-3-6-10-25)26-11-7-4-8-12-26)45-37(46-36(32)48)47-16-14-28(22-47)44-38(52)43-27-13-15-39-19-27/h3-12,18,21,23,27-31,33-34,39,50-51H,2,13-17,19-20,22H2,1H3,(H,40,45,46)(H2,43,44,52)/t27?,28-,30-,31+,33+,34-/m1/s1. The molecule has 14 heteroatoms. The number of nitrogens with zero attached hydrogens (tertiary/aromatic N) is 7. The van der Waals surface area contributed by atoms with Crippen LogP contribution in [0.1, 0.15) is 60.9 Å². The predicted octanol–water partition coefficient (Wildman–Crippen LogP) is 2.98. The summed E-state index contributed by atoms with van der Waals surface area (Å²) in [5.74, 6) is 1.14. The van der Waals surface area contributed by atoms with Crippen LogP contribution >= 0.6 is 0 Å². The summed E-state index contributed by atoms with van der Waals surface area (Å²) in [6.07, 6.45) is 6.34. The van der Waals surface area contributed by atoms with Crippen LogP contribution in [0, 0.1) is 0 Å². The van der Waals surface area contributed by atoms with Crippen LogP contribution < -0.4 is 26.2 Å². The second kappa shape index (κ2) is 14.9. The molecule has 14 nitrogen and oxygen atoms in total. The minimum atomic E-state index is -1.05. The van der Waals surface area contributed by atoms with E-state index in [1.807, 2.05) is 29.1 Å². The highest BCUT2D eigenvalue weighted by atomic mass is 16.3. The Hall–Kier alpha value is -5.05. The molecule has 2 saturated heterocycles. The van der Waals surface area contributed by atoms with Gasteiger partial charge in [-0.2, -0.15) is 15.1 Å². The number of aromatic nitrogens is 6. The first-order valence-electron chi connectivity index (χ1n) is 18.4. The number of aliphatic hydroxyl groups is 2. The molecule has 5 aromatic rings. The number of nitrogens with one attached hydrogen (secondary N) is 4. The molecule has 1 saturated carbocycles. The first-order chi connectivity index (χ1) is 25.4. The molecule has 8 rings (SSSR count). The second-order valence-corrected chi connectivity index (χ2v) is 14.2. The van der Waals surface area contributed by atoms with E-state index in [9.17, 15) is 15.0 Å². The Kier molecular flexibility index (Phi) is 9.76. The number of fused-ring (bicyclic) bond motifs is 1. The number of rotatable bonds is 11. The van der Waals surface area contributed by atoms with Crippen molar-refractivity contribution in [3.05, 3.63) is 96.1 Å². The van der Waals surface area contributed by atoms with Gasteiger partial charge in [-0.05, 0) is 48.9 Å². The van der Waals surface area contributed by atoms with Gasteiger partial charge in [0.15, 0.2) is 17.0 Å². The highest BCUT2D eigenvalue weighted by molar-refractivity contribution is 5.84. The summed E-state index contributed by atoms with van der Waals surface area (Å²) in [4.78, 5) is 29.8. The smallest absolute Gasteiger partial charge is 0.315 e. The summed E-state index contributed by atoms with van der Waals surface area (Å²) in [5.41, 5.74) is 4.58. The van der Waals surface area contributed by atoms with Gasteiger partial charge in [0, 0.05) is 50.4 Å². The molecule has 5 heterocycles. The average molecular weight is 706 g/mol. The molecule has 2 amide bonds. The Balaban J connectivity index is 1.10. The van der Waals surface area contributed by atoms with Crippen LogP contribution in [0.15, 0.2) is 79.4 Å². The Morgan fingerprint density at radius 3 is 2.38 bits per heavy atom. The Bertz CT molecular complexity index is 1920. The summed E-state index contributed by atoms with van der Waals surface area (Å²) in [6, 6.07) is 19.8. The first kappa shape index (κ1) is 34.1. The third kappa shape index (κ3) is 6.93. The van der Waals surface area contributed by atoms with Gasteiger partial charge in [0.25, 0.3) is 0 Å². The van der Waals surface area contributed by atoms with E-state index in [2.05, 4.69) is 86.7 Å². The second-order valence-electron chi connectivity index (χ2n) is 14.2. The van der Waals surface area contributed by atoms with E-state index in [4.69, 9.17) is 15.0 Å². The van der Waals surface area contributed by atoms with Crippen LogP contribution in [0.25, 0.3) is 11.2 Å². The Morgan fingerprint density at radius 2 is 1.69 bits per heavy atom. The van der Waals surface area contributed by atoms with E-state index in [0.717, 1.165) is 37.9 Å². The summed E-state index contributed by atoms with van der Waals surface area (Å²) >= 11 is 0. The van der Waals surface area contributed by atoms with Crippen LogP contribution in [-0.2, 0) is 6.42 Å². The number of aryl methyl sites for hydroxylation is 1. The van der Waals surface area contributed by atoms with Crippen molar-refractivity contribution >= 4 is 29.0 Å². The normalized spacial score (nSPS) is 24.6. The monoisotopic (exact) mass is 705 g/mol. The summed E-state index contributed by atoms with van der Waals surface area (Å²) in [5, 5.41) is 40.3. The maximum absolute atomic E-state index is 12.8. The van der Waals surface area contributed by atoms with Crippen molar-refractivity contribution in [2.24, 2.45) is 0 Å². The molecule has 1 unspecified atom stereocenters. The lowest BCUT2D eigenvalue weighted by Gasteiger charge is -2.22. The van der Waals surface area contributed by atoms with E-state index < -0.39 is 24.3 Å². The van der Waals surface area contributed by atoms with Crippen molar-refractivity contribution in [1.29, 1.82) is 0 Å². The lowest BCUT2D eigenvalue weighted by atomic mass is 9.91. The van der Waals surface area contributed by atoms with Crippen molar-refractivity contribution in [3.63, 3.8) is 0 Å². The van der Waals surface area contributed by atoms with Crippen molar-refractivity contribution in [3.8, 4) is 0 Å². The third-order valence-electron chi connectivity index (χ3n) is 10.9. The summed E-state index contributed by atoms with van der Waals surface area (Å²) in [7, 11) is 0. The lowest BCUT2D eigenvalue weighted by molar-refractivity contribution is 0.00721. The van der Waals surface area contributed by atoms with Crippen molar-refractivity contribution in [2.75, 3.05) is 42.9 Å². The number of hydrogen-bond acceptors (Lipinski definition) is 10. The van der Waals surface area contributed by atoms with Gasteiger partial charge in [0.1, 0.15) is 12.2 Å². The molecule has 272 valence electrons. The molecule has 6 atom stereocenters. The number of amides is 2. The molecular formula is C38H47N11O3. The number of anilines is 2. The van der Waals surface area contributed by atoms with E-state index in [1.54, 1.807) is 11.0 Å². The van der Waals surface area contributed by atoms with Gasteiger partial charge < -0.3 is 40.9 Å². The zero-order valence-corrected chi connectivity index (χ0v) is 29.3. The van der Waals surface area contributed by atoms with Gasteiger partial charge in [0.05, 0.1) is 24.6 Å². The third-order valence-corrected chi connectivity index (χ3v) is 10.9. The molecule has 3 fully saturated rings. The summed E-state index contributed by atoms with van der Waals surface area (Å²) < 4.78 is 3.65. The Labute approximate surface area is 302 Å². The number of imidazole rings is 1. The van der Waals surface area contributed by atoms with E-state index >= 15 is 0 Å². The minimum absolute atomic E-state index is 0.0431. The topological polar surface area (TPSA) is 170 Å². The number of carbonyl (C=O) groups excluding carboxylic acids is 1. The number of urea groups is 1. The number of carbonyl (C=O) groups is 1. The van der Waals surface area contributed by atoms with Gasteiger partial charge in [-0.15, -0.1) is 0 Å². The quantitative estimate of drug-likeness (QED) is 0.120. The van der Waals surface area contributed by atoms with Crippen molar-refractivity contribution in [1.82, 2.24) is 45.2 Å². The van der Waals surface area contributed by atoms with Gasteiger partial charge in [0.2, 0.25) is 5.95 Å². The molecule has 6 N–H and O–H groups in total. The highest BCUT2D eigenvalue weighted by Gasteiger charge is 2.44. The van der Waals surface area contributed by atoms with E-state index in [0.29, 0.717) is 49.0 Å². The fourth-order valence-corrected chi connectivity index (χ4v) is 7.93. The first-order valence-corrected chi connectivity index (χ1v) is 18.4. The van der Waals surface area contributed by atoms with E-state index in [1.165, 1.54) is 11.1 Å². The van der Waals surface area contributed by atoms with Crippen LogP contribution in [0.4, 0.5) is 16.6 Å². The van der Waals surface area contributed by atoms with Crippen LogP contribution in [-0.4, -0.2) is 103 Å². The summed E-state index contributed by atoms with van der Waals surface area (Å²) in [6.45, 7) is 5.53. The van der Waals surface area contributed by atoms with Crippen molar-refractivity contribution < 1.29 is 15.0 Å². The zero-order chi connectivity index (χ0) is 35.6. The molecule has 0 spiro atoms. The molecule has 2 aliphatic heterocycles. The average Bonchev–Trinajstić information content (AvgIpc) is 4.02. The zero-order valence-electron chi connectivity index (χ0n) is 29.3. The maximum Gasteiger partial charge on any atom is 0.315 e. The van der Waals surface area contributed by atoms with Gasteiger partial charge >= 0.3 is 6.03 Å². The highest BCUT2D eigenvalue weighted by Crippen LogP contribution is 2.40. The molecule has 3 aromatic heterocycles. The van der Waals surface area contributed by atoms with E-state index in [-0.39, 0.29) is 24.0 Å². The number of hydrogen-bond donors (Lipinski definition) is 6. The van der Waals surface area contributed by atoms with Gasteiger partial charge in [-0.1, -0.05) is 67.6 Å². The number of aliphatic hydroxyl groups excluding tert-OH is 2. The number of benzene rings is 2. The molecule has 1 aliphatic carbocycles. The molecular weight excluding hydrogens is 658 g/mol. The van der Waals surface area contributed by atoms with Crippen LogP contribution in [0.3, 0.4) is 0 Å². The van der Waals surface area contributed by atoms with Crippen LogP contribution in [0.2, 0.25) is 0 Å². The van der Waals surface area contributed by atoms with Crippen molar-refractivity contribution in [2.45, 2.75) is 74.9 Å². The SMILES string of the molecule is CCc1cnn([C@H]2C[C@@H](n3cnc4c(NCC(c5ccccc5)c5ccccc5)nc(N5CC[C@@H](NC(=O)NC6CCNC6)C5)nc43)[C@H](O)[C@@H]2O)c1. The molecule has 52 heavy (non-hydrogen) atoms. The predicted molar refractivity (Wildman–Crippen MR) is 198 cm³/mol. The largest absolute Gasteiger partial charge is 0.388 e. The molecule has 3 aliphatic rings. The van der Waals surface area contributed by atoms with Gasteiger partial charge in [-0.25, -0.2) is 9.78 Å². The minimum Gasteiger partial charge on any atom is -0.388 e. The van der Waals surface area contributed by atoms with Crippen LogP contribution in [0.5, 0.6) is 0 Å².